The van der Waals surface area contributed by atoms with Crippen molar-refractivity contribution < 1.29 is 14.3 Å². The van der Waals surface area contributed by atoms with Gasteiger partial charge in [0.25, 0.3) is 5.91 Å². The molecule has 0 radical (unpaired) electrons. The van der Waals surface area contributed by atoms with E-state index in [9.17, 15) is 4.79 Å². The van der Waals surface area contributed by atoms with Crippen LogP contribution in [-0.2, 0) is 11.5 Å². The predicted octanol–water partition coefficient (Wildman–Crippen LogP) is 2.46. The van der Waals surface area contributed by atoms with Crippen molar-refractivity contribution >= 4 is 5.91 Å². The largest absolute Gasteiger partial charge is 0.471 e. The number of carbonyl (C=O) groups excluding carboxylic acids is 1. The van der Waals surface area contributed by atoms with Gasteiger partial charge in [0.2, 0.25) is 0 Å². The number of hydrogen-bond acceptors (Lipinski definition) is 4. The Bertz CT molecular complexity index is 596. The fourth-order valence-corrected chi connectivity index (χ4v) is 1.90. The van der Waals surface area contributed by atoms with Gasteiger partial charge in [-0.1, -0.05) is 18.2 Å². The molecule has 0 aliphatic carbocycles. The minimum Gasteiger partial charge on any atom is -0.471 e. The summed E-state index contributed by atoms with van der Waals surface area (Å²) in [6.07, 6.45) is 2.72. The Balaban J connectivity index is 1.72. The average Bonchev–Trinajstić information content (AvgIpc) is 3.02. The molecule has 0 aliphatic heterocycles. The van der Waals surface area contributed by atoms with Gasteiger partial charge in [-0.15, -0.1) is 0 Å². The molecule has 1 amide bonds. The molecule has 0 spiro atoms. The van der Waals surface area contributed by atoms with Crippen molar-refractivity contribution in [3.8, 4) is 5.75 Å². The van der Waals surface area contributed by atoms with E-state index in [0.717, 1.165) is 12.2 Å². The third kappa shape index (κ3) is 6.12. The second kappa shape index (κ2) is 8.95. The maximum absolute atomic E-state index is 12.0. The molecule has 1 heterocycles. The lowest BCUT2D eigenvalue weighted by molar-refractivity contribution is 0.0756. The molecule has 2 rings (SSSR count). The minimum absolute atomic E-state index is 0.187. The standard InChI is InChI=1S/C17H23N3O3/c1-14(2)22-12-6-10-18-17(21)16-9-11-20(19-16)13-23-15-7-4-3-5-8-15/h3-5,7-9,11,14H,6,10,12-13H2,1-2H3,(H,18,21). The highest BCUT2D eigenvalue weighted by Crippen LogP contribution is 2.09. The van der Waals surface area contributed by atoms with Crippen LogP contribution in [0.15, 0.2) is 42.6 Å². The Morgan fingerprint density at radius 3 is 2.78 bits per heavy atom. The van der Waals surface area contributed by atoms with Crippen molar-refractivity contribution in [2.24, 2.45) is 0 Å². The van der Waals surface area contributed by atoms with Crippen LogP contribution in [0, 0.1) is 0 Å². The summed E-state index contributed by atoms with van der Waals surface area (Å²) in [5.74, 6) is 0.576. The van der Waals surface area contributed by atoms with E-state index in [1.807, 2.05) is 44.2 Å². The van der Waals surface area contributed by atoms with E-state index < -0.39 is 0 Å². The summed E-state index contributed by atoms with van der Waals surface area (Å²) in [5, 5.41) is 7.02. The Hall–Kier alpha value is -2.34. The number of nitrogens with zero attached hydrogens (tertiary/aromatic N) is 2. The molecular formula is C17H23N3O3. The highest BCUT2D eigenvalue weighted by molar-refractivity contribution is 5.92. The van der Waals surface area contributed by atoms with Crippen LogP contribution in [0.25, 0.3) is 0 Å². The summed E-state index contributed by atoms with van der Waals surface area (Å²) in [6, 6.07) is 11.1. The van der Waals surface area contributed by atoms with Crippen LogP contribution in [0.4, 0.5) is 0 Å². The molecule has 6 heteroatoms. The highest BCUT2D eigenvalue weighted by atomic mass is 16.5. The summed E-state index contributed by atoms with van der Waals surface area (Å²) < 4.78 is 12.6. The van der Waals surface area contributed by atoms with Crippen molar-refractivity contribution in [3.63, 3.8) is 0 Å². The Labute approximate surface area is 136 Å². The van der Waals surface area contributed by atoms with E-state index >= 15 is 0 Å². The van der Waals surface area contributed by atoms with Gasteiger partial charge in [0.05, 0.1) is 6.10 Å². The van der Waals surface area contributed by atoms with Crippen molar-refractivity contribution in [2.45, 2.75) is 33.1 Å². The van der Waals surface area contributed by atoms with Crippen molar-refractivity contribution in [1.29, 1.82) is 0 Å². The third-order valence-corrected chi connectivity index (χ3v) is 3.04. The van der Waals surface area contributed by atoms with Gasteiger partial charge in [-0.2, -0.15) is 5.10 Å². The normalized spacial score (nSPS) is 10.7. The number of rotatable bonds is 9. The summed E-state index contributed by atoms with van der Waals surface area (Å²) in [6.45, 7) is 5.45. The van der Waals surface area contributed by atoms with Crippen molar-refractivity contribution in [3.05, 3.63) is 48.3 Å². The Morgan fingerprint density at radius 1 is 1.26 bits per heavy atom. The van der Waals surface area contributed by atoms with Gasteiger partial charge in [-0.25, -0.2) is 4.68 Å². The molecule has 23 heavy (non-hydrogen) atoms. The first-order chi connectivity index (χ1) is 11.1. The quantitative estimate of drug-likeness (QED) is 0.722. The number of aromatic nitrogens is 2. The number of hydrogen-bond donors (Lipinski definition) is 1. The maximum Gasteiger partial charge on any atom is 0.271 e. The SMILES string of the molecule is CC(C)OCCCNC(=O)c1ccn(COc2ccccc2)n1. The molecular weight excluding hydrogens is 294 g/mol. The Kier molecular flexibility index (Phi) is 6.62. The summed E-state index contributed by atoms with van der Waals surface area (Å²) in [5.41, 5.74) is 0.381. The minimum atomic E-state index is -0.187. The molecule has 0 bridgehead atoms. The topological polar surface area (TPSA) is 65.4 Å². The van der Waals surface area contributed by atoms with E-state index in [2.05, 4.69) is 10.4 Å². The van der Waals surface area contributed by atoms with Crippen LogP contribution in [0.1, 0.15) is 30.8 Å². The molecule has 2 aromatic rings. The average molecular weight is 317 g/mol. The molecule has 0 fully saturated rings. The van der Waals surface area contributed by atoms with E-state index in [-0.39, 0.29) is 18.7 Å². The lowest BCUT2D eigenvalue weighted by Gasteiger charge is -2.07. The molecule has 0 aliphatic rings. The predicted molar refractivity (Wildman–Crippen MR) is 87.3 cm³/mol. The van der Waals surface area contributed by atoms with Crippen LogP contribution in [-0.4, -0.2) is 34.9 Å². The first-order valence-electron chi connectivity index (χ1n) is 7.76. The van der Waals surface area contributed by atoms with E-state index in [4.69, 9.17) is 9.47 Å². The fraction of sp³-hybridized carbons (Fsp3) is 0.412. The molecule has 0 atom stereocenters. The first kappa shape index (κ1) is 17.0. The lowest BCUT2D eigenvalue weighted by Crippen LogP contribution is -2.26. The zero-order chi connectivity index (χ0) is 16.5. The number of nitrogens with one attached hydrogen (secondary N) is 1. The van der Waals surface area contributed by atoms with Crippen molar-refractivity contribution in [1.82, 2.24) is 15.1 Å². The molecule has 124 valence electrons. The first-order valence-corrected chi connectivity index (χ1v) is 7.76. The molecule has 6 nitrogen and oxygen atoms in total. The zero-order valence-corrected chi connectivity index (χ0v) is 13.6. The third-order valence-electron chi connectivity index (χ3n) is 3.04. The van der Waals surface area contributed by atoms with Crippen LogP contribution in [0.5, 0.6) is 5.75 Å². The van der Waals surface area contributed by atoms with Gasteiger partial charge in [0.1, 0.15) is 11.4 Å². The molecule has 1 N–H and O–H groups in total. The molecule has 0 unspecified atom stereocenters. The summed E-state index contributed by atoms with van der Waals surface area (Å²) >= 11 is 0. The van der Waals surface area contributed by atoms with Gasteiger partial charge >= 0.3 is 0 Å². The van der Waals surface area contributed by atoms with Gasteiger partial charge in [0.15, 0.2) is 6.73 Å². The molecule has 1 aromatic carbocycles. The maximum atomic E-state index is 12.0. The second-order valence-electron chi connectivity index (χ2n) is 5.36. The van der Waals surface area contributed by atoms with Gasteiger partial charge in [-0.05, 0) is 38.5 Å². The Morgan fingerprint density at radius 2 is 2.04 bits per heavy atom. The van der Waals surface area contributed by atoms with E-state index in [1.165, 1.54) is 0 Å². The monoisotopic (exact) mass is 317 g/mol. The number of para-hydroxylation sites is 1. The van der Waals surface area contributed by atoms with Crippen molar-refractivity contribution in [2.75, 3.05) is 13.2 Å². The summed E-state index contributed by atoms with van der Waals surface area (Å²) in [7, 11) is 0. The number of ether oxygens (including phenoxy) is 2. The number of benzene rings is 1. The van der Waals surface area contributed by atoms with Crippen LogP contribution < -0.4 is 10.1 Å². The van der Waals surface area contributed by atoms with Gasteiger partial charge in [-0.3, -0.25) is 4.79 Å². The van der Waals surface area contributed by atoms with Gasteiger partial charge < -0.3 is 14.8 Å². The van der Waals surface area contributed by atoms with E-state index in [1.54, 1.807) is 16.9 Å². The second-order valence-corrected chi connectivity index (χ2v) is 5.36. The molecule has 1 aromatic heterocycles. The highest BCUT2D eigenvalue weighted by Gasteiger charge is 2.09. The molecule has 0 saturated carbocycles. The lowest BCUT2D eigenvalue weighted by atomic mass is 10.3. The van der Waals surface area contributed by atoms with Gasteiger partial charge in [0, 0.05) is 19.3 Å². The smallest absolute Gasteiger partial charge is 0.271 e. The van der Waals surface area contributed by atoms with Crippen LogP contribution in [0.3, 0.4) is 0 Å². The van der Waals surface area contributed by atoms with Crippen LogP contribution in [0.2, 0.25) is 0 Å². The zero-order valence-electron chi connectivity index (χ0n) is 13.6. The fourth-order valence-electron chi connectivity index (χ4n) is 1.90. The number of amides is 1. The number of carbonyl (C=O) groups is 1. The molecule has 0 saturated heterocycles. The van der Waals surface area contributed by atoms with Crippen LogP contribution >= 0.6 is 0 Å². The van der Waals surface area contributed by atoms with E-state index in [0.29, 0.717) is 18.8 Å². The summed E-state index contributed by atoms with van der Waals surface area (Å²) in [4.78, 5) is 12.0.